The van der Waals surface area contributed by atoms with Crippen LogP contribution in [0, 0.1) is 6.92 Å². The molecule has 0 aromatic carbocycles. The summed E-state index contributed by atoms with van der Waals surface area (Å²) in [4.78, 5) is 28.7. The lowest BCUT2D eigenvalue weighted by atomic mass is 10.1. The minimum atomic E-state index is -4.47. The fraction of sp³-hybridized carbons (Fsp3) is 0.440. The number of likely N-dealkylation sites (tertiary alicyclic amines) is 1. The summed E-state index contributed by atoms with van der Waals surface area (Å²) in [6.07, 6.45) is 5.04. The highest BCUT2D eigenvalue weighted by Crippen LogP contribution is 2.38. The minimum absolute atomic E-state index is 0.142. The molecule has 3 heterocycles. The quantitative estimate of drug-likeness (QED) is 0.535. The first kappa shape index (κ1) is 25.2. The van der Waals surface area contributed by atoms with Gasteiger partial charge in [0, 0.05) is 29.7 Å². The van der Waals surface area contributed by atoms with Crippen LogP contribution >= 0.6 is 11.3 Å². The zero-order valence-electron chi connectivity index (χ0n) is 20.1. The number of alkyl halides is 3. The molecule has 6 nitrogen and oxygen atoms in total. The van der Waals surface area contributed by atoms with E-state index >= 15 is 0 Å². The minimum Gasteiger partial charge on any atom is -0.296 e. The Hall–Kier alpha value is -2.85. The molecule has 1 amide bonds. The molecule has 2 aromatic rings. The predicted molar refractivity (Wildman–Crippen MR) is 131 cm³/mol. The molecule has 2 aromatic heterocycles. The van der Waals surface area contributed by atoms with Crippen LogP contribution in [0.4, 0.5) is 18.3 Å². The molecule has 10 heteroatoms. The van der Waals surface area contributed by atoms with Gasteiger partial charge in [-0.25, -0.2) is 9.97 Å². The van der Waals surface area contributed by atoms with Crippen LogP contribution in [-0.4, -0.2) is 44.0 Å². The fourth-order valence-electron chi connectivity index (χ4n) is 4.33. The van der Waals surface area contributed by atoms with E-state index in [-0.39, 0.29) is 5.69 Å². The Balaban J connectivity index is 1.71. The summed E-state index contributed by atoms with van der Waals surface area (Å²) in [5, 5.41) is 3.07. The summed E-state index contributed by atoms with van der Waals surface area (Å²) in [5.41, 5.74) is 1.62. The zero-order valence-corrected chi connectivity index (χ0v) is 20.9. The Labute approximate surface area is 206 Å². The number of nitrogens with zero attached hydrogens (tertiary/aromatic N) is 4. The maximum atomic E-state index is 13.7. The Morgan fingerprint density at radius 2 is 1.86 bits per heavy atom. The second-order valence-electron chi connectivity index (χ2n) is 9.19. The molecule has 0 spiro atoms. The van der Waals surface area contributed by atoms with E-state index in [0.29, 0.717) is 52.7 Å². The van der Waals surface area contributed by atoms with Crippen LogP contribution in [0.1, 0.15) is 66.8 Å². The molecule has 1 saturated heterocycles. The van der Waals surface area contributed by atoms with Gasteiger partial charge in [-0.05, 0) is 58.6 Å². The molecule has 1 aliphatic carbocycles. The SMILES string of the molecule is CC1=CC(C(F)(F)F)=CC(c2nc(NC(=O)c3cnc(C)cn3)sc2CN2C(C)CCC2C)=CC1. The Kier molecular flexibility index (Phi) is 7.23. The summed E-state index contributed by atoms with van der Waals surface area (Å²) in [6.45, 7) is 8.32. The number of aryl methyl sites for hydroxylation is 1. The van der Waals surface area contributed by atoms with E-state index in [0.717, 1.165) is 23.8 Å². The van der Waals surface area contributed by atoms with E-state index in [2.05, 4.69) is 39.0 Å². The van der Waals surface area contributed by atoms with Gasteiger partial charge in [-0.3, -0.25) is 20.0 Å². The van der Waals surface area contributed by atoms with Gasteiger partial charge in [-0.1, -0.05) is 29.1 Å². The van der Waals surface area contributed by atoms with E-state index in [1.165, 1.54) is 29.8 Å². The Bertz CT molecular complexity index is 1190. The number of amides is 1. The van der Waals surface area contributed by atoms with Crippen molar-refractivity contribution in [1.82, 2.24) is 19.9 Å². The van der Waals surface area contributed by atoms with Crippen molar-refractivity contribution in [3.8, 4) is 0 Å². The molecule has 2 atom stereocenters. The highest BCUT2D eigenvalue weighted by Gasteiger charge is 2.34. The van der Waals surface area contributed by atoms with Gasteiger partial charge in [0.2, 0.25) is 0 Å². The monoisotopic (exact) mass is 503 g/mol. The first-order valence-corrected chi connectivity index (χ1v) is 12.3. The van der Waals surface area contributed by atoms with Crippen molar-refractivity contribution in [2.45, 2.75) is 71.8 Å². The largest absolute Gasteiger partial charge is 0.416 e. The third-order valence-electron chi connectivity index (χ3n) is 6.35. The fourth-order valence-corrected chi connectivity index (χ4v) is 5.31. The number of aromatic nitrogens is 3. The van der Waals surface area contributed by atoms with E-state index < -0.39 is 17.7 Å². The lowest BCUT2D eigenvalue weighted by Gasteiger charge is -2.25. The number of halogens is 3. The lowest BCUT2D eigenvalue weighted by molar-refractivity contribution is -0.0882. The number of rotatable bonds is 5. The van der Waals surface area contributed by atoms with Crippen molar-refractivity contribution < 1.29 is 18.0 Å². The number of thiazole rings is 1. The highest BCUT2D eigenvalue weighted by molar-refractivity contribution is 7.16. The first-order valence-electron chi connectivity index (χ1n) is 11.5. The highest BCUT2D eigenvalue weighted by atomic mass is 32.1. The number of carbonyl (C=O) groups is 1. The van der Waals surface area contributed by atoms with Crippen LogP contribution in [0.25, 0.3) is 5.57 Å². The topological polar surface area (TPSA) is 71.0 Å². The summed E-state index contributed by atoms with van der Waals surface area (Å²) in [7, 11) is 0. The third kappa shape index (κ3) is 5.87. The van der Waals surface area contributed by atoms with E-state index in [9.17, 15) is 18.0 Å². The summed E-state index contributed by atoms with van der Waals surface area (Å²) in [6, 6.07) is 0.711. The number of anilines is 1. The normalized spacial score (nSPS) is 21.3. The Morgan fingerprint density at radius 1 is 1.14 bits per heavy atom. The molecule has 2 unspecified atom stereocenters. The van der Waals surface area contributed by atoms with Crippen molar-refractivity contribution in [1.29, 1.82) is 0 Å². The predicted octanol–water partition coefficient (Wildman–Crippen LogP) is 6.09. The molecule has 186 valence electrons. The zero-order chi connectivity index (χ0) is 25.3. The van der Waals surface area contributed by atoms with Gasteiger partial charge in [-0.15, -0.1) is 0 Å². The van der Waals surface area contributed by atoms with Crippen LogP contribution in [0.15, 0.2) is 41.8 Å². The van der Waals surface area contributed by atoms with Gasteiger partial charge in [0.25, 0.3) is 5.91 Å². The van der Waals surface area contributed by atoms with Crippen LogP contribution in [0.2, 0.25) is 0 Å². The number of carbonyl (C=O) groups excluding carboxylic acids is 1. The van der Waals surface area contributed by atoms with Crippen molar-refractivity contribution in [3.05, 3.63) is 63.7 Å². The number of hydrogen-bond donors (Lipinski definition) is 1. The van der Waals surface area contributed by atoms with Crippen LogP contribution in [0.3, 0.4) is 0 Å². The van der Waals surface area contributed by atoms with Crippen LogP contribution in [0.5, 0.6) is 0 Å². The van der Waals surface area contributed by atoms with Gasteiger partial charge in [0.1, 0.15) is 5.69 Å². The Morgan fingerprint density at radius 3 is 2.49 bits per heavy atom. The molecule has 35 heavy (non-hydrogen) atoms. The molecule has 1 fully saturated rings. The van der Waals surface area contributed by atoms with Gasteiger partial charge in [0.05, 0.1) is 23.2 Å². The molecular weight excluding hydrogens is 475 g/mol. The van der Waals surface area contributed by atoms with Gasteiger partial charge in [-0.2, -0.15) is 13.2 Å². The molecular formula is C25H28F3N5OS. The molecule has 2 aliphatic rings. The van der Waals surface area contributed by atoms with Crippen LogP contribution < -0.4 is 5.32 Å². The second-order valence-corrected chi connectivity index (χ2v) is 10.3. The molecule has 1 N–H and O–H groups in total. The first-order chi connectivity index (χ1) is 16.5. The average Bonchev–Trinajstić information content (AvgIpc) is 3.25. The summed E-state index contributed by atoms with van der Waals surface area (Å²) >= 11 is 1.29. The van der Waals surface area contributed by atoms with Gasteiger partial charge < -0.3 is 0 Å². The van der Waals surface area contributed by atoms with Crippen LogP contribution in [-0.2, 0) is 6.54 Å². The van der Waals surface area contributed by atoms with E-state index in [1.807, 2.05) is 0 Å². The van der Waals surface area contributed by atoms with Gasteiger partial charge in [0.15, 0.2) is 5.13 Å². The van der Waals surface area contributed by atoms with E-state index in [4.69, 9.17) is 0 Å². The maximum Gasteiger partial charge on any atom is 0.416 e. The number of hydrogen-bond acceptors (Lipinski definition) is 6. The summed E-state index contributed by atoms with van der Waals surface area (Å²) in [5.74, 6) is -0.467. The summed E-state index contributed by atoms with van der Waals surface area (Å²) < 4.78 is 41.0. The second kappa shape index (κ2) is 10.0. The molecule has 4 rings (SSSR count). The molecule has 0 bridgehead atoms. The number of nitrogens with one attached hydrogen (secondary N) is 1. The van der Waals surface area contributed by atoms with E-state index in [1.54, 1.807) is 19.9 Å². The number of allylic oxidation sites excluding steroid dienone is 6. The van der Waals surface area contributed by atoms with Crippen molar-refractivity contribution >= 4 is 27.9 Å². The third-order valence-corrected chi connectivity index (χ3v) is 7.31. The lowest BCUT2D eigenvalue weighted by Crippen LogP contribution is -2.32. The molecule has 0 radical (unpaired) electrons. The molecule has 0 saturated carbocycles. The van der Waals surface area contributed by atoms with Gasteiger partial charge >= 0.3 is 6.18 Å². The standard InChI is InChI=1S/C25H28F3N5OS/c1-14-5-8-18(10-19(9-14)25(26,27)28)22-21(13-33-16(3)6-7-17(33)4)35-24(31-22)32-23(34)20-12-29-15(2)11-30-20/h8-12,16-17H,5-7,13H2,1-4H3,(H,31,32,34). The smallest absolute Gasteiger partial charge is 0.296 e. The molecule has 1 aliphatic heterocycles. The van der Waals surface area contributed by atoms with Crippen molar-refractivity contribution in [2.75, 3.05) is 5.32 Å². The van der Waals surface area contributed by atoms with Crippen molar-refractivity contribution in [2.24, 2.45) is 0 Å². The average molecular weight is 504 g/mol. The maximum absolute atomic E-state index is 13.7. The van der Waals surface area contributed by atoms with Crippen molar-refractivity contribution in [3.63, 3.8) is 0 Å².